The van der Waals surface area contributed by atoms with Crippen LogP contribution in [0.15, 0.2) is 23.1 Å². The molecular formula is C15H20N2O5. The molecular weight excluding hydrogens is 288 g/mol. The summed E-state index contributed by atoms with van der Waals surface area (Å²) in [7, 11) is 0. The molecule has 1 N–H and O–H groups in total. The van der Waals surface area contributed by atoms with E-state index in [1.165, 1.54) is 12.3 Å². The van der Waals surface area contributed by atoms with Crippen LogP contribution in [0.4, 0.5) is 0 Å². The molecule has 1 saturated heterocycles. The SMILES string of the molecule is O=C(O)Cn1cccc(OCCC(=O)N2CCCCC2)c1=O. The molecule has 0 saturated carbocycles. The molecule has 0 unspecified atom stereocenters. The Morgan fingerprint density at radius 1 is 1.23 bits per heavy atom. The average Bonchev–Trinajstić information content (AvgIpc) is 2.51. The first-order valence-electron chi connectivity index (χ1n) is 7.40. The Balaban J connectivity index is 1.87. The number of likely N-dealkylation sites (tertiary alicyclic amines) is 1. The summed E-state index contributed by atoms with van der Waals surface area (Å²) in [6.45, 7) is 1.27. The van der Waals surface area contributed by atoms with Crippen molar-refractivity contribution in [2.75, 3.05) is 19.7 Å². The molecule has 2 heterocycles. The van der Waals surface area contributed by atoms with Crippen molar-refractivity contribution >= 4 is 11.9 Å². The molecule has 0 atom stereocenters. The predicted molar refractivity (Wildman–Crippen MR) is 78.9 cm³/mol. The molecule has 120 valence electrons. The number of carboxylic acids is 1. The monoisotopic (exact) mass is 308 g/mol. The summed E-state index contributed by atoms with van der Waals surface area (Å²) >= 11 is 0. The van der Waals surface area contributed by atoms with Gasteiger partial charge in [0, 0.05) is 19.3 Å². The van der Waals surface area contributed by atoms with Gasteiger partial charge in [-0.2, -0.15) is 0 Å². The van der Waals surface area contributed by atoms with Crippen LogP contribution in [0, 0.1) is 0 Å². The van der Waals surface area contributed by atoms with Gasteiger partial charge in [0.25, 0.3) is 5.56 Å². The van der Waals surface area contributed by atoms with Gasteiger partial charge in [0.05, 0.1) is 13.0 Å². The van der Waals surface area contributed by atoms with Crippen molar-refractivity contribution in [1.29, 1.82) is 0 Å². The van der Waals surface area contributed by atoms with Gasteiger partial charge in [-0.3, -0.25) is 14.4 Å². The van der Waals surface area contributed by atoms with Crippen LogP contribution < -0.4 is 10.3 Å². The van der Waals surface area contributed by atoms with E-state index in [9.17, 15) is 14.4 Å². The Morgan fingerprint density at radius 2 is 1.95 bits per heavy atom. The van der Waals surface area contributed by atoms with E-state index in [0.29, 0.717) is 0 Å². The molecule has 22 heavy (non-hydrogen) atoms. The Bertz CT molecular complexity index is 590. The zero-order valence-electron chi connectivity index (χ0n) is 12.4. The molecule has 2 rings (SSSR count). The molecule has 1 fully saturated rings. The maximum atomic E-state index is 12.0. The zero-order valence-corrected chi connectivity index (χ0v) is 12.4. The second-order valence-electron chi connectivity index (χ2n) is 5.24. The molecule has 0 aromatic carbocycles. The van der Waals surface area contributed by atoms with Gasteiger partial charge in [-0.15, -0.1) is 0 Å². The first kappa shape index (κ1) is 16.1. The maximum absolute atomic E-state index is 12.0. The first-order valence-corrected chi connectivity index (χ1v) is 7.40. The van der Waals surface area contributed by atoms with E-state index in [1.54, 1.807) is 6.07 Å². The third-order valence-electron chi connectivity index (χ3n) is 3.57. The zero-order chi connectivity index (χ0) is 15.9. The number of hydrogen-bond acceptors (Lipinski definition) is 4. The fraction of sp³-hybridized carbons (Fsp3) is 0.533. The number of hydrogen-bond donors (Lipinski definition) is 1. The topological polar surface area (TPSA) is 88.8 Å². The van der Waals surface area contributed by atoms with E-state index in [-0.39, 0.29) is 24.7 Å². The van der Waals surface area contributed by atoms with Gasteiger partial charge in [0.2, 0.25) is 5.91 Å². The van der Waals surface area contributed by atoms with Crippen molar-refractivity contribution in [2.45, 2.75) is 32.2 Å². The summed E-state index contributed by atoms with van der Waals surface area (Å²) in [6, 6.07) is 3.03. The Morgan fingerprint density at radius 3 is 2.64 bits per heavy atom. The molecule has 0 bridgehead atoms. The lowest BCUT2D eigenvalue weighted by molar-refractivity contribution is -0.137. The van der Waals surface area contributed by atoms with Gasteiger partial charge in [0.15, 0.2) is 5.75 Å². The molecule has 1 aliphatic heterocycles. The fourth-order valence-electron chi connectivity index (χ4n) is 2.44. The number of piperidine rings is 1. The Kier molecular flexibility index (Phi) is 5.57. The van der Waals surface area contributed by atoms with Crippen LogP contribution in [0.1, 0.15) is 25.7 Å². The lowest BCUT2D eigenvalue weighted by Crippen LogP contribution is -2.36. The lowest BCUT2D eigenvalue weighted by Gasteiger charge is -2.26. The number of nitrogens with zero attached hydrogens (tertiary/aromatic N) is 2. The number of carbonyl (C=O) groups excluding carboxylic acids is 1. The van der Waals surface area contributed by atoms with Crippen LogP contribution in [0.5, 0.6) is 5.75 Å². The van der Waals surface area contributed by atoms with E-state index in [2.05, 4.69) is 0 Å². The highest BCUT2D eigenvalue weighted by molar-refractivity contribution is 5.76. The highest BCUT2D eigenvalue weighted by atomic mass is 16.5. The largest absolute Gasteiger partial charge is 0.487 e. The third kappa shape index (κ3) is 4.34. The standard InChI is InChI=1S/C15H20N2O5/c18-13(16-7-2-1-3-8-16)6-10-22-12-5-4-9-17(15(12)21)11-14(19)20/h4-5,9H,1-3,6-8,10-11H2,(H,19,20). The van der Waals surface area contributed by atoms with Crippen LogP contribution in [-0.2, 0) is 16.1 Å². The normalized spacial score (nSPS) is 14.6. The van der Waals surface area contributed by atoms with E-state index < -0.39 is 18.1 Å². The summed E-state index contributed by atoms with van der Waals surface area (Å²) < 4.78 is 6.41. The van der Waals surface area contributed by atoms with Crippen molar-refractivity contribution in [3.8, 4) is 5.75 Å². The summed E-state index contributed by atoms with van der Waals surface area (Å²) in [4.78, 5) is 36.4. The minimum Gasteiger partial charge on any atom is -0.487 e. The van der Waals surface area contributed by atoms with Gasteiger partial charge < -0.3 is 19.3 Å². The number of pyridine rings is 1. The van der Waals surface area contributed by atoms with Crippen LogP contribution in [-0.4, -0.2) is 46.1 Å². The molecule has 1 amide bonds. The third-order valence-corrected chi connectivity index (χ3v) is 3.57. The second-order valence-corrected chi connectivity index (χ2v) is 5.24. The van der Waals surface area contributed by atoms with Crippen molar-refractivity contribution in [1.82, 2.24) is 9.47 Å². The smallest absolute Gasteiger partial charge is 0.323 e. The maximum Gasteiger partial charge on any atom is 0.323 e. The van der Waals surface area contributed by atoms with Crippen molar-refractivity contribution in [3.63, 3.8) is 0 Å². The number of rotatable bonds is 6. The molecule has 1 aliphatic rings. The minimum absolute atomic E-state index is 0.0292. The van der Waals surface area contributed by atoms with Gasteiger partial charge in [-0.05, 0) is 31.4 Å². The van der Waals surface area contributed by atoms with Gasteiger partial charge in [0.1, 0.15) is 6.54 Å². The van der Waals surface area contributed by atoms with Crippen molar-refractivity contribution < 1.29 is 19.4 Å². The van der Waals surface area contributed by atoms with E-state index in [0.717, 1.165) is 36.9 Å². The Hall–Kier alpha value is -2.31. The number of carboxylic acid groups (broad SMARTS) is 1. The lowest BCUT2D eigenvalue weighted by atomic mass is 10.1. The number of aromatic nitrogens is 1. The van der Waals surface area contributed by atoms with Gasteiger partial charge in [-0.25, -0.2) is 0 Å². The van der Waals surface area contributed by atoms with E-state index >= 15 is 0 Å². The van der Waals surface area contributed by atoms with Crippen LogP contribution in [0.2, 0.25) is 0 Å². The highest BCUT2D eigenvalue weighted by Gasteiger charge is 2.16. The van der Waals surface area contributed by atoms with E-state index in [1.807, 2.05) is 4.90 Å². The van der Waals surface area contributed by atoms with Crippen LogP contribution >= 0.6 is 0 Å². The van der Waals surface area contributed by atoms with Crippen LogP contribution in [0.25, 0.3) is 0 Å². The first-order chi connectivity index (χ1) is 10.6. The van der Waals surface area contributed by atoms with Crippen molar-refractivity contribution in [3.05, 3.63) is 28.7 Å². The molecule has 7 heteroatoms. The minimum atomic E-state index is -1.10. The van der Waals surface area contributed by atoms with Crippen molar-refractivity contribution in [2.24, 2.45) is 0 Å². The molecule has 1 aromatic heterocycles. The highest BCUT2D eigenvalue weighted by Crippen LogP contribution is 2.10. The quantitative estimate of drug-likeness (QED) is 0.836. The molecule has 0 aliphatic carbocycles. The predicted octanol–water partition coefficient (Wildman–Crippen LogP) is 0.714. The van der Waals surface area contributed by atoms with Gasteiger partial charge >= 0.3 is 5.97 Å². The second kappa shape index (κ2) is 7.63. The van der Waals surface area contributed by atoms with Gasteiger partial charge in [-0.1, -0.05) is 0 Å². The number of ether oxygens (including phenoxy) is 1. The average molecular weight is 308 g/mol. The van der Waals surface area contributed by atoms with E-state index in [4.69, 9.17) is 9.84 Å². The molecule has 0 spiro atoms. The van der Waals surface area contributed by atoms with Crippen LogP contribution in [0.3, 0.4) is 0 Å². The number of carbonyl (C=O) groups is 2. The molecule has 7 nitrogen and oxygen atoms in total. The Labute approximate surface area is 128 Å². The summed E-state index contributed by atoms with van der Waals surface area (Å²) in [6.07, 6.45) is 4.83. The molecule has 0 radical (unpaired) electrons. The fourth-order valence-corrected chi connectivity index (χ4v) is 2.44. The summed E-state index contributed by atoms with van der Waals surface area (Å²) in [5.74, 6) is -1.00. The number of aliphatic carboxylic acids is 1. The summed E-state index contributed by atoms with van der Waals surface area (Å²) in [5.41, 5.74) is -0.504. The molecule has 1 aromatic rings. The number of amides is 1. The summed E-state index contributed by atoms with van der Waals surface area (Å²) in [5, 5.41) is 8.72.